The van der Waals surface area contributed by atoms with Gasteiger partial charge in [0.05, 0.1) is 15.9 Å². The highest BCUT2D eigenvalue weighted by Gasteiger charge is 2.17. The fraction of sp³-hybridized carbons (Fsp3) is 0.200. The molecular weight excluding hydrogens is 357 g/mol. The molecule has 0 saturated carbocycles. The molecule has 2 aromatic carbocycles. The van der Waals surface area contributed by atoms with Gasteiger partial charge in [0.1, 0.15) is 5.82 Å². The van der Waals surface area contributed by atoms with Crippen LogP contribution in [0, 0.1) is 5.82 Å². The van der Waals surface area contributed by atoms with Crippen LogP contribution in [0.15, 0.2) is 53.0 Å². The number of sulfonamides is 1. The molecular formula is C15H15BrFNO2S. The Labute approximate surface area is 132 Å². The van der Waals surface area contributed by atoms with Crippen molar-refractivity contribution < 1.29 is 12.8 Å². The second-order valence-electron chi connectivity index (χ2n) is 4.82. The average Bonchev–Trinajstić information content (AvgIpc) is 2.43. The Bertz CT molecular complexity index is 720. The van der Waals surface area contributed by atoms with Gasteiger partial charge in [-0.3, -0.25) is 4.72 Å². The molecule has 0 radical (unpaired) electrons. The largest absolute Gasteiger partial charge is 0.283 e. The van der Waals surface area contributed by atoms with Crippen molar-refractivity contribution in [1.29, 1.82) is 0 Å². The minimum absolute atomic E-state index is 0.0608. The molecule has 2 rings (SSSR count). The van der Waals surface area contributed by atoms with Gasteiger partial charge in [-0.15, -0.1) is 0 Å². The third-order valence-corrected chi connectivity index (χ3v) is 5.16. The Hall–Kier alpha value is -1.40. The SMILES string of the molecule is CC(CS(=O)(=O)Nc1ccc(Br)c(F)c1)c1ccccc1. The first kappa shape index (κ1) is 16.0. The summed E-state index contributed by atoms with van der Waals surface area (Å²) < 4.78 is 40.4. The molecule has 0 aliphatic carbocycles. The van der Waals surface area contributed by atoms with E-state index >= 15 is 0 Å². The first-order chi connectivity index (χ1) is 9.87. The van der Waals surface area contributed by atoms with Crippen molar-refractivity contribution in [2.24, 2.45) is 0 Å². The second-order valence-corrected chi connectivity index (χ2v) is 7.45. The normalized spacial score (nSPS) is 12.9. The van der Waals surface area contributed by atoms with E-state index < -0.39 is 15.8 Å². The fourth-order valence-corrected chi connectivity index (χ4v) is 3.65. The van der Waals surface area contributed by atoms with Crippen LogP contribution in [0.2, 0.25) is 0 Å². The highest BCUT2D eigenvalue weighted by molar-refractivity contribution is 9.10. The maximum absolute atomic E-state index is 13.4. The van der Waals surface area contributed by atoms with E-state index in [1.54, 1.807) is 0 Å². The Morgan fingerprint density at radius 2 is 1.86 bits per heavy atom. The molecule has 3 nitrogen and oxygen atoms in total. The van der Waals surface area contributed by atoms with Gasteiger partial charge in [0, 0.05) is 0 Å². The Balaban J connectivity index is 2.10. The molecule has 21 heavy (non-hydrogen) atoms. The summed E-state index contributed by atoms with van der Waals surface area (Å²) in [5.74, 6) is -0.718. The van der Waals surface area contributed by atoms with E-state index in [0.29, 0.717) is 4.47 Å². The van der Waals surface area contributed by atoms with Gasteiger partial charge in [-0.05, 0) is 45.6 Å². The monoisotopic (exact) mass is 371 g/mol. The molecule has 0 bridgehead atoms. The number of nitrogens with one attached hydrogen (secondary N) is 1. The molecule has 0 aromatic heterocycles. The van der Waals surface area contributed by atoms with Crippen LogP contribution in [-0.2, 0) is 10.0 Å². The van der Waals surface area contributed by atoms with Gasteiger partial charge in [-0.2, -0.15) is 0 Å². The minimum Gasteiger partial charge on any atom is -0.283 e. The van der Waals surface area contributed by atoms with Crippen molar-refractivity contribution in [3.63, 3.8) is 0 Å². The molecule has 6 heteroatoms. The summed E-state index contributed by atoms with van der Waals surface area (Å²) >= 11 is 3.03. The lowest BCUT2D eigenvalue weighted by molar-refractivity contribution is 0.595. The maximum atomic E-state index is 13.4. The molecule has 0 heterocycles. The van der Waals surface area contributed by atoms with Crippen LogP contribution >= 0.6 is 15.9 Å². The Kier molecular flexibility index (Phi) is 5.00. The van der Waals surface area contributed by atoms with Crippen LogP contribution in [0.5, 0.6) is 0 Å². The minimum atomic E-state index is -3.54. The summed E-state index contributed by atoms with van der Waals surface area (Å²) in [5.41, 5.74) is 1.17. The van der Waals surface area contributed by atoms with Crippen molar-refractivity contribution in [3.8, 4) is 0 Å². The number of rotatable bonds is 5. The molecule has 0 spiro atoms. The van der Waals surface area contributed by atoms with Gasteiger partial charge in [-0.1, -0.05) is 37.3 Å². The highest BCUT2D eigenvalue weighted by Crippen LogP contribution is 2.22. The molecule has 1 N–H and O–H groups in total. The molecule has 0 amide bonds. The predicted molar refractivity (Wildman–Crippen MR) is 86.4 cm³/mol. The summed E-state index contributed by atoms with van der Waals surface area (Å²) in [6.45, 7) is 1.84. The molecule has 0 aliphatic rings. The van der Waals surface area contributed by atoms with Crippen LogP contribution in [0.1, 0.15) is 18.4 Å². The topological polar surface area (TPSA) is 46.2 Å². The van der Waals surface area contributed by atoms with E-state index in [1.165, 1.54) is 12.1 Å². The zero-order valence-electron chi connectivity index (χ0n) is 11.4. The predicted octanol–water partition coefficient (Wildman–Crippen LogP) is 4.13. The van der Waals surface area contributed by atoms with Crippen LogP contribution in [-0.4, -0.2) is 14.2 Å². The lowest BCUT2D eigenvalue weighted by atomic mass is 10.0. The van der Waals surface area contributed by atoms with E-state index in [0.717, 1.165) is 11.6 Å². The highest BCUT2D eigenvalue weighted by atomic mass is 79.9. The van der Waals surface area contributed by atoms with Crippen molar-refractivity contribution in [2.75, 3.05) is 10.5 Å². The van der Waals surface area contributed by atoms with Crippen molar-refractivity contribution in [1.82, 2.24) is 0 Å². The third-order valence-electron chi connectivity index (χ3n) is 3.03. The number of benzene rings is 2. The number of hydrogen-bond acceptors (Lipinski definition) is 2. The Morgan fingerprint density at radius 1 is 1.19 bits per heavy atom. The summed E-state index contributed by atoms with van der Waals surface area (Å²) in [6.07, 6.45) is 0. The molecule has 0 aliphatic heterocycles. The molecule has 2 aromatic rings. The lowest BCUT2D eigenvalue weighted by Gasteiger charge is -2.14. The first-order valence-electron chi connectivity index (χ1n) is 6.38. The number of halogens is 2. The van der Waals surface area contributed by atoms with Crippen LogP contribution in [0.4, 0.5) is 10.1 Å². The summed E-state index contributed by atoms with van der Waals surface area (Å²) in [6, 6.07) is 13.5. The molecule has 1 atom stereocenters. The standard InChI is InChI=1S/C15H15BrFNO2S/c1-11(12-5-3-2-4-6-12)10-21(19,20)18-13-7-8-14(16)15(17)9-13/h2-9,11,18H,10H2,1H3. The van der Waals surface area contributed by atoms with Crippen molar-refractivity contribution in [3.05, 3.63) is 64.4 Å². The molecule has 112 valence electrons. The average molecular weight is 372 g/mol. The zero-order valence-corrected chi connectivity index (χ0v) is 13.8. The van der Waals surface area contributed by atoms with E-state index in [2.05, 4.69) is 20.7 Å². The van der Waals surface area contributed by atoms with E-state index in [1.807, 2.05) is 37.3 Å². The van der Waals surface area contributed by atoms with Gasteiger partial charge in [0.25, 0.3) is 0 Å². The van der Waals surface area contributed by atoms with Gasteiger partial charge >= 0.3 is 0 Å². The molecule has 1 unspecified atom stereocenters. The van der Waals surface area contributed by atoms with Gasteiger partial charge in [0.15, 0.2) is 0 Å². The van der Waals surface area contributed by atoms with Crippen molar-refractivity contribution >= 4 is 31.6 Å². The van der Waals surface area contributed by atoms with Gasteiger partial charge < -0.3 is 0 Å². The summed E-state index contributed by atoms with van der Waals surface area (Å²) in [5, 5.41) is 0. The first-order valence-corrected chi connectivity index (χ1v) is 8.82. The summed E-state index contributed by atoms with van der Waals surface area (Å²) in [4.78, 5) is 0. The molecule has 0 fully saturated rings. The lowest BCUT2D eigenvalue weighted by Crippen LogP contribution is -2.20. The number of hydrogen-bond donors (Lipinski definition) is 1. The Morgan fingerprint density at radius 3 is 2.48 bits per heavy atom. The van der Waals surface area contributed by atoms with Gasteiger partial charge in [-0.25, -0.2) is 12.8 Å². The number of anilines is 1. The smallest absolute Gasteiger partial charge is 0.233 e. The third kappa shape index (κ3) is 4.54. The fourth-order valence-electron chi connectivity index (χ4n) is 1.99. The second kappa shape index (κ2) is 6.58. The van der Waals surface area contributed by atoms with Gasteiger partial charge in [0.2, 0.25) is 10.0 Å². The van der Waals surface area contributed by atoms with E-state index in [-0.39, 0.29) is 17.4 Å². The quantitative estimate of drug-likeness (QED) is 0.858. The van der Waals surface area contributed by atoms with Crippen LogP contribution in [0.25, 0.3) is 0 Å². The molecule has 0 saturated heterocycles. The van der Waals surface area contributed by atoms with Crippen LogP contribution in [0.3, 0.4) is 0 Å². The van der Waals surface area contributed by atoms with Crippen LogP contribution < -0.4 is 4.72 Å². The zero-order chi connectivity index (χ0) is 15.5. The van der Waals surface area contributed by atoms with E-state index in [9.17, 15) is 12.8 Å². The maximum Gasteiger partial charge on any atom is 0.233 e. The van der Waals surface area contributed by atoms with Crippen molar-refractivity contribution in [2.45, 2.75) is 12.8 Å². The summed E-state index contributed by atoms with van der Waals surface area (Å²) in [7, 11) is -3.54. The van der Waals surface area contributed by atoms with E-state index in [4.69, 9.17) is 0 Å².